The van der Waals surface area contributed by atoms with E-state index < -0.39 is 0 Å². The highest BCUT2D eigenvalue weighted by molar-refractivity contribution is 7.71. The van der Waals surface area contributed by atoms with Crippen LogP contribution in [0, 0.1) is 23.6 Å². The summed E-state index contributed by atoms with van der Waals surface area (Å²) in [5.41, 5.74) is 2.13. The van der Waals surface area contributed by atoms with E-state index in [0.29, 0.717) is 29.2 Å². The Kier molecular flexibility index (Phi) is 6.15. The summed E-state index contributed by atoms with van der Waals surface area (Å²) in [4.78, 5) is 17.6. The number of rotatable bonds is 4. The molecule has 0 aliphatic carbocycles. The number of amides is 1. The lowest BCUT2D eigenvalue weighted by Crippen LogP contribution is -2.46. The lowest BCUT2D eigenvalue weighted by atomic mass is 9.93. The van der Waals surface area contributed by atoms with Crippen LogP contribution in [0.15, 0.2) is 28.7 Å². The summed E-state index contributed by atoms with van der Waals surface area (Å²) in [5, 5.41) is 4.57. The van der Waals surface area contributed by atoms with E-state index in [9.17, 15) is 4.79 Å². The van der Waals surface area contributed by atoms with Gasteiger partial charge in [0.2, 0.25) is 11.8 Å². The Morgan fingerprint density at radius 2 is 1.90 bits per heavy atom. The normalized spacial score (nSPS) is 21.4. The highest BCUT2D eigenvalue weighted by atomic mass is 32.1. The second-order valence-corrected chi connectivity index (χ2v) is 8.95. The third kappa shape index (κ3) is 4.78. The van der Waals surface area contributed by atoms with Gasteiger partial charge >= 0.3 is 0 Å². The zero-order chi connectivity index (χ0) is 20.4. The maximum absolute atomic E-state index is 12.9. The molecule has 2 aromatic rings. The molecule has 2 saturated heterocycles. The maximum atomic E-state index is 12.9. The van der Waals surface area contributed by atoms with E-state index in [0.717, 1.165) is 51.0 Å². The van der Waals surface area contributed by atoms with Gasteiger partial charge in [-0.2, -0.15) is 0 Å². The van der Waals surface area contributed by atoms with E-state index >= 15 is 0 Å². The number of nitrogens with zero attached hydrogens (tertiary/aromatic N) is 4. The molecule has 1 aromatic carbocycles. The van der Waals surface area contributed by atoms with Crippen molar-refractivity contribution in [3.05, 3.63) is 34.7 Å². The molecule has 7 heteroatoms. The number of aromatic nitrogens is 2. The summed E-state index contributed by atoms with van der Waals surface area (Å²) in [6.45, 7) is 8.53. The highest BCUT2D eigenvalue weighted by Crippen LogP contribution is 2.24. The average molecular weight is 415 g/mol. The van der Waals surface area contributed by atoms with E-state index in [2.05, 4.69) is 28.7 Å². The van der Waals surface area contributed by atoms with Gasteiger partial charge < -0.3 is 9.32 Å². The first-order valence-corrected chi connectivity index (χ1v) is 11.1. The molecule has 0 N–H and O–H groups in total. The predicted molar refractivity (Wildman–Crippen MR) is 115 cm³/mol. The van der Waals surface area contributed by atoms with Crippen LogP contribution in [0.25, 0.3) is 11.5 Å². The molecular formula is C22H30N4O2S. The van der Waals surface area contributed by atoms with Crippen LogP contribution in [0.3, 0.4) is 0 Å². The molecule has 1 amide bonds. The standard InChI is InChI=1S/C22H30N4O2S/c1-16-5-7-18(8-6-16)20-23-26(22(29)28-20)15-24-12-9-19(10-13-24)21(27)25-11-3-4-17(2)14-25/h5-8,17,19H,3-4,9-15H2,1-2H3. The third-order valence-corrected chi connectivity index (χ3v) is 6.44. The fourth-order valence-corrected chi connectivity index (χ4v) is 4.54. The highest BCUT2D eigenvalue weighted by Gasteiger charge is 2.30. The molecule has 6 nitrogen and oxygen atoms in total. The van der Waals surface area contributed by atoms with E-state index in [1.165, 1.54) is 12.0 Å². The van der Waals surface area contributed by atoms with Gasteiger partial charge in [0, 0.05) is 37.7 Å². The Labute approximate surface area is 177 Å². The van der Waals surface area contributed by atoms with E-state index in [-0.39, 0.29) is 5.92 Å². The van der Waals surface area contributed by atoms with Crippen LogP contribution in [0.2, 0.25) is 0 Å². The molecule has 4 rings (SSSR count). The van der Waals surface area contributed by atoms with Crippen LogP contribution in [0.4, 0.5) is 0 Å². The van der Waals surface area contributed by atoms with Crippen LogP contribution >= 0.6 is 12.2 Å². The lowest BCUT2D eigenvalue weighted by Gasteiger charge is -2.37. The van der Waals surface area contributed by atoms with Gasteiger partial charge in [-0.15, -0.1) is 5.10 Å². The van der Waals surface area contributed by atoms with Crippen molar-refractivity contribution >= 4 is 18.1 Å². The Hall–Kier alpha value is -1.99. The number of carbonyl (C=O) groups excluding carboxylic acids is 1. The van der Waals surface area contributed by atoms with Crippen molar-refractivity contribution < 1.29 is 9.21 Å². The quantitative estimate of drug-likeness (QED) is 0.705. The van der Waals surface area contributed by atoms with Crippen molar-refractivity contribution in [3.63, 3.8) is 0 Å². The van der Waals surface area contributed by atoms with Gasteiger partial charge in [-0.05, 0) is 62.9 Å². The first-order chi connectivity index (χ1) is 14.0. The molecule has 1 atom stereocenters. The topological polar surface area (TPSA) is 54.5 Å². The van der Waals surface area contributed by atoms with Crippen LogP contribution in [-0.2, 0) is 11.5 Å². The average Bonchev–Trinajstić information content (AvgIpc) is 3.09. The monoisotopic (exact) mass is 414 g/mol. The number of carbonyl (C=O) groups is 1. The molecule has 3 heterocycles. The van der Waals surface area contributed by atoms with Gasteiger partial charge in [0.05, 0.1) is 6.67 Å². The predicted octanol–water partition coefficient (Wildman–Crippen LogP) is 4.11. The Morgan fingerprint density at radius 1 is 1.17 bits per heavy atom. The molecule has 2 fully saturated rings. The minimum Gasteiger partial charge on any atom is -0.409 e. The largest absolute Gasteiger partial charge is 0.409 e. The first kappa shape index (κ1) is 20.3. The second kappa shape index (κ2) is 8.79. The zero-order valence-corrected chi connectivity index (χ0v) is 18.2. The van der Waals surface area contributed by atoms with Gasteiger partial charge in [0.1, 0.15) is 0 Å². The van der Waals surface area contributed by atoms with Crippen LogP contribution in [0.1, 0.15) is 38.2 Å². The maximum Gasteiger partial charge on any atom is 0.288 e. The second-order valence-electron chi connectivity index (χ2n) is 8.60. The molecular weight excluding hydrogens is 384 g/mol. The van der Waals surface area contributed by atoms with Gasteiger partial charge in [-0.3, -0.25) is 9.69 Å². The number of likely N-dealkylation sites (tertiary alicyclic amines) is 2. The Bertz CT molecular complexity index is 896. The smallest absolute Gasteiger partial charge is 0.288 e. The molecule has 0 radical (unpaired) electrons. The molecule has 0 bridgehead atoms. The summed E-state index contributed by atoms with van der Waals surface area (Å²) in [6, 6.07) is 8.08. The summed E-state index contributed by atoms with van der Waals surface area (Å²) < 4.78 is 7.46. The number of piperidine rings is 2. The number of hydrogen-bond acceptors (Lipinski definition) is 5. The summed E-state index contributed by atoms with van der Waals surface area (Å²) >= 11 is 5.37. The fraction of sp³-hybridized carbons (Fsp3) is 0.591. The molecule has 0 spiro atoms. The van der Waals surface area contributed by atoms with Crippen molar-refractivity contribution in [1.29, 1.82) is 0 Å². The molecule has 1 aromatic heterocycles. The van der Waals surface area contributed by atoms with Crippen LogP contribution in [0.5, 0.6) is 0 Å². The molecule has 29 heavy (non-hydrogen) atoms. The lowest BCUT2D eigenvalue weighted by molar-refractivity contribution is -0.139. The molecule has 0 saturated carbocycles. The minimum atomic E-state index is 0.157. The van der Waals surface area contributed by atoms with Crippen molar-refractivity contribution in [2.75, 3.05) is 26.2 Å². The van der Waals surface area contributed by atoms with Crippen molar-refractivity contribution in [1.82, 2.24) is 19.6 Å². The van der Waals surface area contributed by atoms with E-state index in [1.54, 1.807) is 4.68 Å². The Balaban J connectivity index is 1.33. The zero-order valence-electron chi connectivity index (χ0n) is 17.3. The number of benzene rings is 1. The number of aryl methyl sites for hydroxylation is 1. The fourth-order valence-electron chi connectivity index (χ4n) is 4.37. The summed E-state index contributed by atoms with van der Waals surface area (Å²) in [7, 11) is 0. The van der Waals surface area contributed by atoms with E-state index in [4.69, 9.17) is 16.6 Å². The van der Waals surface area contributed by atoms with Crippen molar-refractivity contribution in [3.8, 4) is 11.5 Å². The Morgan fingerprint density at radius 3 is 2.59 bits per heavy atom. The molecule has 2 aliphatic rings. The summed E-state index contributed by atoms with van der Waals surface area (Å²) in [6.07, 6.45) is 4.18. The van der Waals surface area contributed by atoms with Gasteiger partial charge in [-0.25, -0.2) is 4.68 Å². The SMILES string of the molecule is Cc1ccc(-c2nn(CN3CCC(C(=O)N4CCCC(C)C4)CC3)c(=S)o2)cc1. The summed E-state index contributed by atoms with van der Waals surface area (Å²) in [5.74, 6) is 1.70. The number of hydrogen-bond donors (Lipinski definition) is 0. The van der Waals surface area contributed by atoms with Gasteiger partial charge in [0.25, 0.3) is 4.84 Å². The van der Waals surface area contributed by atoms with Crippen molar-refractivity contribution in [2.24, 2.45) is 11.8 Å². The van der Waals surface area contributed by atoms with E-state index in [1.807, 2.05) is 24.3 Å². The first-order valence-electron chi connectivity index (χ1n) is 10.7. The van der Waals surface area contributed by atoms with Crippen LogP contribution < -0.4 is 0 Å². The van der Waals surface area contributed by atoms with Gasteiger partial charge in [-0.1, -0.05) is 24.6 Å². The van der Waals surface area contributed by atoms with Crippen LogP contribution in [-0.4, -0.2) is 51.7 Å². The van der Waals surface area contributed by atoms with Gasteiger partial charge in [0.15, 0.2) is 0 Å². The minimum absolute atomic E-state index is 0.157. The molecule has 1 unspecified atom stereocenters. The molecule has 156 valence electrons. The van der Waals surface area contributed by atoms with Crippen molar-refractivity contribution in [2.45, 2.75) is 46.2 Å². The third-order valence-electron chi connectivity index (χ3n) is 6.14. The molecule has 2 aliphatic heterocycles.